The SMILES string of the molecule is NC(=O)c1cc(-c2cccc(CN3CCOCC3)c2)nc2c1Cc1cc(N3CCOCC3)ccc1-2. The van der Waals surface area contributed by atoms with Crippen LogP contribution in [-0.2, 0) is 22.4 Å². The summed E-state index contributed by atoms with van der Waals surface area (Å²) >= 11 is 0. The molecule has 0 spiro atoms. The second kappa shape index (κ2) is 9.41. The van der Waals surface area contributed by atoms with Gasteiger partial charge in [0.2, 0.25) is 5.91 Å². The number of ether oxygens (including phenoxy) is 2. The first-order valence-electron chi connectivity index (χ1n) is 12.3. The Morgan fingerprint density at radius 2 is 1.71 bits per heavy atom. The number of hydrogen-bond acceptors (Lipinski definition) is 6. The van der Waals surface area contributed by atoms with E-state index in [0.29, 0.717) is 12.0 Å². The van der Waals surface area contributed by atoms with Crippen molar-refractivity contribution in [2.75, 3.05) is 57.5 Å². The summed E-state index contributed by atoms with van der Waals surface area (Å²) in [5.41, 5.74) is 14.7. The molecule has 1 aromatic heterocycles. The maximum Gasteiger partial charge on any atom is 0.249 e. The van der Waals surface area contributed by atoms with Crippen molar-refractivity contribution in [3.8, 4) is 22.5 Å². The molecule has 6 rings (SSSR count). The molecule has 0 unspecified atom stereocenters. The molecule has 1 amide bonds. The Morgan fingerprint density at radius 3 is 2.49 bits per heavy atom. The summed E-state index contributed by atoms with van der Waals surface area (Å²) in [6.07, 6.45) is 0.672. The average molecular weight is 471 g/mol. The highest BCUT2D eigenvalue weighted by Crippen LogP contribution is 2.40. The number of hydrogen-bond donors (Lipinski definition) is 1. The average Bonchev–Trinajstić information content (AvgIpc) is 3.27. The predicted molar refractivity (Wildman–Crippen MR) is 136 cm³/mol. The fourth-order valence-corrected chi connectivity index (χ4v) is 5.35. The van der Waals surface area contributed by atoms with E-state index in [0.717, 1.165) is 87.2 Å². The number of nitrogens with two attached hydrogens (primary N) is 1. The number of carbonyl (C=O) groups is 1. The minimum Gasteiger partial charge on any atom is -0.379 e. The monoisotopic (exact) mass is 470 g/mol. The Labute approximate surface area is 205 Å². The van der Waals surface area contributed by atoms with Gasteiger partial charge in [-0.2, -0.15) is 0 Å². The van der Waals surface area contributed by atoms with Crippen molar-refractivity contribution in [3.05, 3.63) is 70.8 Å². The van der Waals surface area contributed by atoms with E-state index in [1.54, 1.807) is 0 Å². The van der Waals surface area contributed by atoms with Crippen LogP contribution in [0.15, 0.2) is 48.5 Å². The number of benzene rings is 2. The number of amides is 1. The van der Waals surface area contributed by atoms with Crippen LogP contribution < -0.4 is 10.6 Å². The number of rotatable bonds is 5. The number of carbonyl (C=O) groups excluding carboxylic acids is 1. The third-order valence-corrected chi connectivity index (χ3v) is 7.21. The Hall–Kier alpha value is -3.26. The lowest BCUT2D eigenvalue weighted by molar-refractivity contribution is 0.0342. The summed E-state index contributed by atoms with van der Waals surface area (Å²) in [4.78, 5) is 22.3. The number of fused-ring (bicyclic) bond motifs is 3. The molecule has 0 bridgehead atoms. The van der Waals surface area contributed by atoms with Crippen LogP contribution in [0.25, 0.3) is 22.5 Å². The Morgan fingerprint density at radius 1 is 0.943 bits per heavy atom. The fourth-order valence-electron chi connectivity index (χ4n) is 5.35. The summed E-state index contributed by atoms with van der Waals surface area (Å²) in [5, 5.41) is 0. The Balaban J connectivity index is 1.35. The van der Waals surface area contributed by atoms with Gasteiger partial charge in [-0.15, -0.1) is 0 Å². The van der Waals surface area contributed by atoms with Crippen LogP contribution in [0, 0.1) is 0 Å². The Bertz CT molecular complexity index is 1260. The quantitative estimate of drug-likeness (QED) is 0.483. The number of pyridine rings is 1. The highest BCUT2D eigenvalue weighted by Gasteiger charge is 2.27. The van der Waals surface area contributed by atoms with Gasteiger partial charge in [-0.05, 0) is 41.0 Å². The van der Waals surface area contributed by atoms with Gasteiger partial charge in [0, 0.05) is 61.5 Å². The van der Waals surface area contributed by atoms with Crippen LogP contribution in [0.2, 0.25) is 0 Å². The molecule has 1 aliphatic carbocycles. The first kappa shape index (κ1) is 22.2. The molecule has 3 aromatic rings. The van der Waals surface area contributed by atoms with Gasteiger partial charge in [0.15, 0.2) is 0 Å². The molecule has 2 fully saturated rings. The molecule has 180 valence electrons. The van der Waals surface area contributed by atoms with E-state index in [1.165, 1.54) is 16.8 Å². The minimum absolute atomic E-state index is 0.407. The lowest BCUT2D eigenvalue weighted by Crippen LogP contribution is -2.36. The smallest absolute Gasteiger partial charge is 0.249 e. The van der Waals surface area contributed by atoms with E-state index in [1.807, 2.05) is 6.07 Å². The van der Waals surface area contributed by atoms with Crippen LogP contribution in [0.3, 0.4) is 0 Å². The predicted octanol–water partition coefficient (Wildman–Crippen LogP) is 3.09. The molecule has 35 heavy (non-hydrogen) atoms. The molecule has 0 radical (unpaired) electrons. The van der Waals surface area contributed by atoms with Crippen molar-refractivity contribution >= 4 is 11.6 Å². The number of aromatic nitrogens is 1. The van der Waals surface area contributed by atoms with E-state index >= 15 is 0 Å². The van der Waals surface area contributed by atoms with Crippen LogP contribution in [0.5, 0.6) is 0 Å². The van der Waals surface area contributed by atoms with Gasteiger partial charge in [-0.25, -0.2) is 4.98 Å². The van der Waals surface area contributed by atoms with Gasteiger partial charge in [0.1, 0.15) is 0 Å². The third kappa shape index (κ3) is 4.43. The lowest BCUT2D eigenvalue weighted by Gasteiger charge is -2.29. The minimum atomic E-state index is -0.407. The third-order valence-electron chi connectivity index (χ3n) is 7.21. The van der Waals surface area contributed by atoms with E-state index in [2.05, 4.69) is 52.3 Å². The summed E-state index contributed by atoms with van der Waals surface area (Å²) in [5.74, 6) is -0.407. The van der Waals surface area contributed by atoms with Gasteiger partial charge in [0.05, 0.1) is 37.8 Å². The molecule has 3 aliphatic rings. The van der Waals surface area contributed by atoms with Crippen molar-refractivity contribution in [3.63, 3.8) is 0 Å². The van der Waals surface area contributed by atoms with Gasteiger partial charge in [-0.3, -0.25) is 9.69 Å². The number of primary amides is 1. The second-order valence-corrected chi connectivity index (χ2v) is 9.45. The molecule has 7 nitrogen and oxygen atoms in total. The first-order valence-corrected chi connectivity index (χ1v) is 12.3. The molecular formula is C28H30N4O3. The molecule has 0 saturated carbocycles. The van der Waals surface area contributed by atoms with Crippen LogP contribution in [-0.4, -0.2) is 68.4 Å². The summed E-state index contributed by atoms with van der Waals surface area (Å²) in [7, 11) is 0. The lowest BCUT2D eigenvalue weighted by atomic mass is 10.0. The molecule has 2 aromatic carbocycles. The summed E-state index contributed by atoms with van der Waals surface area (Å²) < 4.78 is 11.0. The van der Waals surface area contributed by atoms with E-state index in [-0.39, 0.29) is 0 Å². The van der Waals surface area contributed by atoms with E-state index < -0.39 is 5.91 Å². The van der Waals surface area contributed by atoms with Crippen molar-refractivity contribution in [1.82, 2.24) is 9.88 Å². The maximum absolute atomic E-state index is 12.5. The van der Waals surface area contributed by atoms with E-state index in [9.17, 15) is 4.79 Å². The van der Waals surface area contributed by atoms with Gasteiger partial charge in [-0.1, -0.05) is 24.3 Å². The zero-order valence-corrected chi connectivity index (χ0v) is 19.8. The molecule has 2 saturated heterocycles. The number of morpholine rings is 2. The summed E-state index contributed by atoms with van der Waals surface area (Å²) in [6.45, 7) is 7.59. The summed E-state index contributed by atoms with van der Waals surface area (Å²) in [6, 6.07) is 16.8. The van der Waals surface area contributed by atoms with Crippen molar-refractivity contribution in [2.24, 2.45) is 5.73 Å². The van der Waals surface area contributed by atoms with Crippen molar-refractivity contribution in [1.29, 1.82) is 0 Å². The van der Waals surface area contributed by atoms with Gasteiger partial charge in [0.25, 0.3) is 0 Å². The fraction of sp³-hybridized carbons (Fsp3) is 0.357. The molecule has 2 N–H and O–H groups in total. The molecule has 0 atom stereocenters. The highest BCUT2D eigenvalue weighted by molar-refractivity contribution is 5.98. The maximum atomic E-state index is 12.5. The normalized spacial score (nSPS) is 17.8. The van der Waals surface area contributed by atoms with Gasteiger partial charge < -0.3 is 20.1 Å². The van der Waals surface area contributed by atoms with Crippen molar-refractivity contribution < 1.29 is 14.3 Å². The Kier molecular flexibility index (Phi) is 5.98. The molecule has 7 heteroatoms. The molecular weight excluding hydrogens is 440 g/mol. The van der Waals surface area contributed by atoms with Crippen LogP contribution in [0.1, 0.15) is 27.0 Å². The molecule has 2 aliphatic heterocycles. The zero-order chi connectivity index (χ0) is 23.8. The van der Waals surface area contributed by atoms with Crippen LogP contribution in [0.4, 0.5) is 5.69 Å². The number of anilines is 1. The van der Waals surface area contributed by atoms with E-state index in [4.69, 9.17) is 20.2 Å². The van der Waals surface area contributed by atoms with Gasteiger partial charge >= 0.3 is 0 Å². The number of nitrogens with zero attached hydrogens (tertiary/aromatic N) is 3. The van der Waals surface area contributed by atoms with Crippen molar-refractivity contribution in [2.45, 2.75) is 13.0 Å². The first-order chi connectivity index (χ1) is 17.2. The van der Waals surface area contributed by atoms with Crippen LogP contribution >= 0.6 is 0 Å². The molecule has 3 heterocycles. The highest BCUT2D eigenvalue weighted by atomic mass is 16.5. The zero-order valence-electron chi connectivity index (χ0n) is 19.8. The topological polar surface area (TPSA) is 80.9 Å². The second-order valence-electron chi connectivity index (χ2n) is 9.45. The standard InChI is InChI=1S/C28H30N4O3/c29-28(33)25-17-26(20-3-1-2-19(14-20)18-31-6-10-34-11-7-31)30-27-23-5-4-22(15-21(23)16-24(25)27)32-8-12-35-13-9-32/h1-5,14-15,17H,6-13,16,18H2,(H2,29,33). The largest absolute Gasteiger partial charge is 0.379 e.